The normalized spacial score (nSPS) is 11.4. The summed E-state index contributed by atoms with van der Waals surface area (Å²) in [5, 5.41) is 0.266. The Balaban J connectivity index is 2.63. The van der Waals surface area contributed by atoms with Gasteiger partial charge < -0.3 is 4.74 Å². The lowest BCUT2D eigenvalue weighted by molar-refractivity contribution is 0.163. The highest BCUT2D eigenvalue weighted by Crippen LogP contribution is 2.18. The van der Waals surface area contributed by atoms with Crippen LogP contribution in [0.1, 0.15) is 6.92 Å². The van der Waals surface area contributed by atoms with Crippen LogP contribution in [-0.2, 0) is 14.8 Å². The SMILES string of the molecule is CCOCCS(=O)(=O)Nc1ncccc1Cl. The minimum atomic E-state index is -3.45. The van der Waals surface area contributed by atoms with E-state index in [1.54, 1.807) is 19.1 Å². The van der Waals surface area contributed by atoms with Gasteiger partial charge in [-0.3, -0.25) is 4.72 Å². The van der Waals surface area contributed by atoms with Crippen molar-refractivity contribution in [3.63, 3.8) is 0 Å². The van der Waals surface area contributed by atoms with Crippen molar-refractivity contribution >= 4 is 27.4 Å². The standard InChI is InChI=1S/C9H13ClN2O3S/c1-2-15-6-7-16(13,14)12-9-8(10)4-3-5-11-9/h3-5H,2,6-7H2,1H3,(H,11,12). The fraction of sp³-hybridized carbons (Fsp3) is 0.444. The van der Waals surface area contributed by atoms with Crippen molar-refractivity contribution in [3.05, 3.63) is 23.4 Å². The molecule has 0 aliphatic rings. The van der Waals surface area contributed by atoms with E-state index in [0.29, 0.717) is 6.61 Å². The first kappa shape index (κ1) is 13.2. The molecule has 0 amide bonds. The predicted octanol–water partition coefficient (Wildman–Crippen LogP) is 1.51. The van der Waals surface area contributed by atoms with Crippen molar-refractivity contribution < 1.29 is 13.2 Å². The van der Waals surface area contributed by atoms with Gasteiger partial charge in [0.1, 0.15) is 0 Å². The molecule has 0 saturated carbocycles. The zero-order valence-electron chi connectivity index (χ0n) is 8.81. The molecule has 0 fully saturated rings. The maximum atomic E-state index is 11.5. The van der Waals surface area contributed by atoms with Crippen LogP contribution < -0.4 is 4.72 Å². The molecule has 0 aliphatic carbocycles. The monoisotopic (exact) mass is 264 g/mol. The average molecular weight is 265 g/mol. The molecule has 0 saturated heterocycles. The van der Waals surface area contributed by atoms with Gasteiger partial charge in [-0.2, -0.15) is 0 Å². The van der Waals surface area contributed by atoms with Gasteiger partial charge in [-0.05, 0) is 19.1 Å². The second kappa shape index (κ2) is 6.03. The minimum Gasteiger partial charge on any atom is -0.381 e. The predicted molar refractivity (Wildman–Crippen MR) is 63.1 cm³/mol. The molecule has 1 N–H and O–H groups in total. The first-order chi connectivity index (χ1) is 7.55. The minimum absolute atomic E-state index is 0.117. The molecule has 0 radical (unpaired) electrons. The van der Waals surface area contributed by atoms with Crippen molar-refractivity contribution in [1.82, 2.24) is 4.98 Å². The van der Waals surface area contributed by atoms with Crippen LogP contribution in [0.15, 0.2) is 18.3 Å². The van der Waals surface area contributed by atoms with E-state index >= 15 is 0 Å². The zero-order valence-corrected chi connectivity index (χ0v) is 10.4. The summed E-state index contributed by atoms with van der Waals surface area (Å²) in [6, 6.07) is 3.19. The topological polar surface area (TPSA) is 68.3 Å². The smallest absolute Gasteiger partial charge is 0.236 e. The van der Waals surface area contributed by atoms with Gasteiger partial charge in [0.05, 0.1) is 17.4 Å². The van der Waals surface area contributed by atoms with Gasteiger partial charge in [0.25, 0.3) is 0 Å². The summed E-state index contributed by atoms with van der Waals surface area (Å²) in [5.41, 5.74) is 0. The van der Waals surface area contributed by atoms with Crippen LogP contribution in [0, 0.1) is 0 Å². The number of rotatable bonds is 6. The van der Waals surface area contributed by atoms with E-state index in [1.807, 2.05) is 0 Å². The van der Waals surface area contributed by atoms with E-state index < -0.39 is 10.0 Å². The highest BCUT2D eigenvalue weighted by atomic mass is 35.5. The van der Waals surface area contributed by atoms with E-state index in [4.69, 9.17) is 16.3 Å². The van der Waals surface area contributed by atoms with Crippen molar-refractivity contribution in [2.45, 2.75) is 6.92 Å². The van der Waals surface area contributed by atoms with Gasteiger partial charge in [-0.25, -0.2) is 13.4 Å². The molecule has 1 heterocycles. The Labute approximate surface area is 99.8 Å². The molecule has 0 spiro atoms. The first-order valence-corrected chi connectivity index (χ1v) is 6.77. The molecule has 0 unspecified atom stereocenters. The van der Waals surface area contributed by atoms with Crippen molar-refractivity contribution in [1.29, 1.82) is 0 Å². The number of aromatic nitrogens is 1. The maximum Gasteiger partial charge on any atom is 0.236 e. The van der Waals surface area contributed by atoms with Crippen molar-refractivity contribution in [2.24, 2.45) is 0 Å². The second-order valence-corrected chi connectivity index (χ2v) is 5.20. The maximum absolute atomic E-state index is 11.5. The summed E-state index contributed by atoms with van der Waals surface area (Å²) in [7, 11) is -3.45. The first-order valence-electron chi connectivity index (χ1n) is 4.74. The molecule has 1 rings (SSSR count). The molecule has 0 aliphatic heterocycles. The molecule has 16 heavy (non-hydrogen) atoms. The molecular formula is C9H13ClN2O3S. The lowest BCUT2D eigenvalue weighted by atomic mass is 10.5. The fourth-order valence-electron chi connectivity index (χ4n) is 0.972. The Kier molecular flexibility index (Phi) is 4.98. The van der Waals surface area contributed by atoms with Crippen LogP contribution in [0.5, 0.6) is 0 Å². The summed E-state index contributed by atoms with van der Waals surface area (Å²) in [6.07, 6.45) is 1.46. The number of nitrogens with one attached hydrogen (secondary N) is 1. The molecule has 7 heteroatoms. The van der Waals surface area contributed by atoms with Gasteiger partial charge in [0.15, 0.2) is 5.82 Å². The molecule has 0 bridgehead atoms. The van der Waals surface area contributed by atoms with E-state index in [0.717, 1.165) is 0 Å². The second-order valence-electron chi connectivity index (χ2n) is 2.95. The van der Waals surface area contributed by atoms with Crippen LogP contribution in [0.4, 0.5) is 5.82 Å². The number of hydrogen-bond acceptors (Lipinski definition) is 4. The Bertz CT molecular complexity index is 436. The van der Waals surface area contributed by atoms with E-state index in [9.17, 15) is 8.42 Å². The fourth-order valence-corrected chi connectivity index (χ4v) is 2.09. The van der Waals surface area contributed by atoms with E-state index in [2.05, 4.69) is 9.71 Å². The van der Waals surface area contributed by atoms with Gasteiger partial charge in [-0.15, -0.1) is 0 Å². The molecule has 1 aromatic rings. The Morgan fingerprint density at radius 2 is 2.31 bits per heavy atom. The summed E-state index contributed by atoms with van der Waals surface area (Å²) in [6.45, 7) is 2.44. The highest BCUT2D eigenvalue weighted by molar-refractivity contribution is 7.92. The summed E-state index contributed by atoms with van der Waals surface area (Å²) in [5.74, 6) is 0.0222. The number of sulfonamides is 1. The van der Waals surface area contributed by atoms with Crippen LogP contribution >= 0.6 is 11.6 Å². The number of pyridine rings is 1. The highest BCUT2D eigenvalue weighted by Gasteiger charge is 2.12. The number of halogens is 1. The third-order valence-electron chi connectivity index (χ3n) is 1.71. The summed E-state index contributed by atoms with van der Waals surface area (Å²) >= 11 is 5.77. The molecule has 90 valence electrons. The number of hydrogen-bond donors (Lipinski definition) is 1. The number of ether oxygens (including phenoxy) is 1. The van der Waals surface area contributed by atoms with Crippen molar-refractivity contribution in [3.8, 4) is 0 Å². The van der Waals surface area contributed by atoms with Crippen LogP contribution in [0.3, 0.4) is 0 Å². The van der Waals surface area contributed by atoms with Crippen LogP contribution in [0.25, 0.3) is 0 Å². The number of nitrogens with zero attached hydrogens (tertiary/aromatic N) is 1. The quantitative estimate of drug-likeness (QED) is 0.791. The lowest BCUT2D eigenvalue weighted by Crippen LogP contribution is -2.20. The van der Waals surface area contributed by atoms with Crippen molar-refractivity contribution in [2.75, 3.05) is 23.7 Å². The lowest BCUT2D eigenvalue weighted by Gasteiger charge is -2.07. The Hall–Kier alpha value is -0.850. The summed E-state index contributed by atoms with van der Waals surface area (Å²) < 4.78 is 30.3. The number of anilines is 1. The average Bonchev–Trinajstić information content (AvgIpc) is 2.21. The molecule has 0 aromatic carbocycles. The third kappa shape index (κ3) is 4.34. The van der Waals surface area contributed by atoms with E-state index in [1.165, 1.54) is 6.20 Å². The van der Waals surface area contributed by atoms with Gasteiger partial charge in [0.2, 0.25) is 10.0 Å². The molecule has 0 atom stereocenters. The van der Waals surface area contributed by atoms with Gasteiger partial charge in [-0.1, -0.05) is 11.6 Å². The van der Waals surface area contributed by atoms with Gasteiger partial charge in [0, 0.05) is 12.8 Å². The zero-order chi connectivity index (χ0) is 12.0. The third-order valence-corrected chi connectivity index (χ3v) is 3.22. The molecule has 1 aromatic heterocycles. The van der Waals surface area contributed by atoms with E-state index in [-0.39, 0.29) is 23.2 Å². The Morgan fingerprint density at radius 3 is 2.94 bits per heavy atom. The largest absolute Gasteiger partial charge is 0.381 e. The van der Waals surface area contributed by atoms with Crippen LogP contribution in [-0.4, -0.2) is 32.4 Å². The van der Waals surface area contributed by atoms with Gasteiger partial charge >= 0.3 is 0 Å². The molecule has 5 nitrogen and oxygen atoms in total. The van der Waals surface area contributed by atoms with Crippen LogP contribution in [0.2, 0.25) is 5.02 Å². The summed E-state index contributed by atoms with van der Waals surface area (Å²) in [4.78, 5) is 3.83. The Morgan fingerprint density at radius 1 is 1.56 bits per heavy atom. The molecular weight excluding hydrogens is 252 g/mol.